The minimum Gasteiger partial charge on any atom is -0.351 e. The molecule has 3 amide bonds. The molecule has 7 heteroatoms. The average molecular weight is 389 g/mol. The molecule has 1 saturated heterocycles. The number of hydrogen-bond donors (Lipinski definition) is 3. The number of nitrogens with one attached hydrogen (secondary N) is 2. The van der Waals surface area contributed by atoms with Gasteiger partial charge in [-0.3, -0.25) is 4.79 Å². The molecule has 0 spiro atoms. The lowest BCUT2D eigenvalue weighted by Crippen LogP contribution is -2.48. The van der Waals surface area contributed by atoms with Crippen molar-refractivity contribution in [2.24, 2.45) is 5.73 Å². The molecule has 4 N–H and O–H groups in total. The van der Waals surface area contributed by atoms with E-state index in [2.05, 4.69) is 41.8 Å². The van der Waals surface area contributed by atoms with Crippen molar-refractivity contribution >= 4 is 30.0 Å². The molecule has 2 aromatic rings. The van der Waals surface area contributed by atoms with Crippen LogP contribution in [0.5, 0.6) is 0 Å². The number of rotatable bonds is 4. The Labute approximate surface area is 165 Å². The predicted octanol–water partition coefficient (Wildman–Crippen LogP) is 2.95. The molecule has 0 bridgehead atoms. The van der Waals surface area contributed by atoms with E-state index in [0.717, 1.165) is 25.1 Å². The number of carbonyl (C=O) groups is 2. The van der Waals surface area contributed by atoms with Gasteiger partial charge in [0, 0.05) is 30.9 Å². The summed E-state index contributed by atoms with van der Waals surface area (Å²) < 4.78 is 0. The van der Waals surface area contributed by atoms with Crippen LogP contribution in [0.1, 0.15) is 34.5 Å². The molecule has 1 heterocycles. The second-order valence-corrected chi connectivity index (χ2v) is 6.38. The number of piperazine rings is 1. The molecular weight excluding hydrogens is 364 g/mol. The summed E-state index contributed by atoms with van der Waals surface area (Å²) in [5, 5.41) is 5.88. The zero-order chi connectivity index (χ0) is 18.5. The lowest BCUT2D eigenvalue weighted by molar-refractivity contribution is 0.0634. The summed E-state index contributed by atoms with van der Waals surface area (Å²) in [6.45, 7) is 4.23. The molecule has 3 rings (SSSR count). The van der Waals surface area contributed by atoms with Crippen molar-refractivity contribution in [2.75, 3.05) is 25.0 Å². The molecule has 27 heavy (non-hydrogen) atoms. The van der Waals surface area contributed by atoms with Crippen molar-refractivity contribution in [3.63, 3.8) is 0 Å². The summed E-state index contributed by atoms with van der Waals surface area (Å²) in [7, 11) is 0. The first-order valence-electron chi connectivity index (χ1n) is 8.85. The maximum absolute atomic E-state index is 13.1. The molecule has 0 saturated carbocycles. The second kappa shape index (κ2) is 9.39. The van der Waals surface area contributed by atoms with Crippen LogP contribution in [0, 0.1) is 0 Å². The molecule has 1 atom stereocenters. The van der Waals surface area contributed by atoms with Gasteiger partial charge in [0.15, 0.2) is 0 Å². The van der Waals surface area contributed by atoms with E-state index < -0.39 is 6.03 Å². The molecule has 1 aliphatic heterocycles. The van der Waals surface area contributed by atoms with Gasteiger partial charge in [-0.2, -0.15) is 0 Å². The highest BCUT2D eigenvalue weighted by Crippen LogP contribution is 2.25. The van der Waals surface area contributed by atoms with E-state index in [4.69, 9.17) is 5.73 Å². The van der Waals surface area contributed by atoms with Crippen molar-refractivity contribution < 1.29 is 9.59 Å². The molecule has 2 aromatic carbocycles. The SMILES string of the molecule is CCc1ccc(C2CNCCN2C(=O)c2cccc(NC(N)=O)c2)cc1.Cl. The summed E-state index contributed by atoms with van der Waals surface area (Å²) in [4.78, 5) is 26.0. The number of halogens is 1. The summed E-state index contributed by atoms with van der Waals surface area (Å²) >= 11 is 0. The van der Waals surface area contributed by atoms with Crippen molar-refractivity contribution in [2.45, 2.75) is 19.4 Å². The first kappa shape index (κ1) is 20.7. The average Bonchev–Trinajstić information content (AvgIpc) is 2.67. The normalized spacial score (nSPS) is 16.3. The van der Waals surface area contributed by atoms with Crippen LogP contribution in [-0.4, -0.2) is 36.5 Å². The van der Waals surface area contributed by atoms with Gasteiger partial charge in [0.2, 0.25) is 0 Å². The van der Waals surface area contributed by atoms with E-state index in [0.29, 0.717) is 17.8 Å². The smallest absolute Gasteiger partial charge is 0.316 e. The molecule has 1 unspecified atom stereocenters. The minimum atomic E-state index is -0.648. The Hall–Kier alpha value is -2.57. The van der Waals surface area contributed by atoms with Crippen LogP contribution in [0.4, 0.5) is 10.5 Å². The number of urea groups is 1. The van der Waals surface area contributed by atoms with Gasteiger partial charge in [-0.05, 0) is 35.7 Å². The van der Waals surface area contributed by atoms with Gasteiger partial charge in [0.1, 0.15) is 0 Å². The Kier molecular flexibility index (Phi) is 7.21. The van der Waals surface area contributed by atoms with Gasteiger partial charge in [-0.15, -0.1) is 12.4 Å². The fourth-order valence-corrected chi connectivity index (χ4v) is 3.26. The van der Waals surface area contributed by atoms with Crippen LogP contribution in [0.2, 0.25) is 0 Å². The summed E-state index contributed by atoms with van der Waals surface area (Å²) in [5.41, 5.74) is 8.61. The fourth-order valence-electron chi connectivity index (χ4n) is 3.26. The van der Waals surface area contributed by atoms with Crippen molar-refractivity contribution in [3.8, 4) is 0 Å². The molecule has 0 aliphatic carbocycles. The number of anilines is 1. The monoisotopic (exact) mass is 388 g/mol. The molecule has 0 radical (unpaired) electrons. The zero-order valence-electron chi connectivity index (χ0n) is 15.3. The number of nitrogens with zero attached hydrogens (tertiary/aromatic N) is 1. The molecule has 1 aliphatic rings. The molecular formula is C20H25ClN4O2. The Morgan fingerprint density at radius 2 is 1.96 bits per heavy atom. The maximum atomic E-state index is 13.1. The lowest BCUT2D eigenvalue weighted by atomic mass is 10.00. The Balaban J connectivity index is 0.00000261. The highest BCUT2D eigenvalue weighted by atomic mass is 35.5. The van der Waals surface area contributed by atoms with Crippen LogP contribution < -0.4 is 16.4 Å². The second-order valence-electron chi connectivity index (χ2n) is 6.38. The Morgan fingerprint density at radius 1 is 1.22 bits per heavy atom. The Morgan fingerprint density at radius 3 is 2.63 bits per heavy atom. The number of primary amides is 1. The van der Waals surface area contributed by atoms with Gasteiger partial charge >= 0.3 is 6.03 Å². The third-order valence-corrected chi connectivity index (χ3v) is 4.65. The van der Waals surface area contributed by atoms with Crippen LogP contribution >= 0.6 is 12.4 Å². The summed E-state index contributed by atoms with van der Waals surface area (Å²) in [6.07, 6.45) is 0.992. The number of aryl methyl sites for hydroxylation is 1. The van der Waals surface area contributed by atoms with E-state index in [1.165, 1.54) is 5.56 Å². The first-order chi connectivity index (χ1) is 12.6. The van der Waals surface area contributed by atoms with Gasteiger partial charge in [0.05, 0.1) is 6.04 Å². The minimum absolute atomic E-state index is 0. The van der Waals surface area contributed by atoms with Crippen molar-refractivity contribution in [1.29, 1.82) is 0 Å². The maximum Gasteiger partial charge on any atom is 0.316 e. The summed E-state index contributed by atoms with van der Waals surface area (Å²) in [6, 6.07) is 14.6. The Bertz CT molecular complexity index is 795. The van der Waals surface area contributed by atoms with Gasteiger partial charge in [-0.1, -0.05) is 37.3 Å². The molecule has 0 aromatic heterocycles. The van der Waals surface area contributed by atoms with Gasteiger partial charge in [-0.25, -0.2) is 4.79 Å². The summed E-state index contributed by atoms with van der Waals surface area (Å²) in [5.74, 6) is -0.0517. The third-order valence-electron chi connectivity index (χ3n) is 4.65. The van der Waals surface area contributed by atoms with Crippen LogP contribution in [0.15, 0.2) is 48.5 Å². The van der Waals surface area contributed by atoms with E-state index in [1.807, 2.05) is 4.90 Å². The quantitative estimate of drug-likeness (QED) is 0.752. The lowest BCUT2D eigenvalue weighted by Gasteiger charge is -2.36. The number of benzene rings is 2. The van der Waals surface area contributed by atoms with Gasteiger partial charge in [0.25, 0.3) is 5.91 Å². The zero-order valence-corrected chi connectivity index (χ0v) is 16.1. The van der Waals surface area contributed by atoms with Crippen LogP contribution in [0.25, 0.3) is 0 Å². The number of hydrogen-bond acceptors (Lipinski definition) is 3. The van der Waals surface area contributed by atoms with Crippen LogP contribution in [0.3, 0.4) is 0 Å². The highest BCUT2D eigenvalue weighted by molar-refractivity contribution is 5.97. The van der Waals surface area contributed by atoms with Gasteiger partial charge < -0.3 is 21.3 Å². The standard InChI is InChI=1S/C20H24N4O2.ClH/c1-2-14-6-8-15(9-7-14)18-13-22-10-11-24(18)19(25)16-4-3-5-17(12-16)23-20(21)26;/h3-9,12,18,22H,2,10-11,13H2,1H3,(H3,21,23,26);1H. The highest BCUT2D eigenvalue weighted by Gasteiger charge is 2.28. The van der Waals surface area contributed by atoms with E-state index in [-0.39, 0.29) is 24.4 Å². The number of amides is 3. The van der Waals surface area contributed by atoms with E-state index in [9.17, 15) is 9.59 Å². The van der Waals surface area contributed by atoms with Crippen molar-refractivity contribution in [3.05, 3.63) is 65.2 Å². The van der Waals surface area contributed by atoms with Crippen LogP contribution in [-0.2, 0) is 6.42 Å². The fraction of sp³-hybridized carbons (Fsp3) is 0.300. The topological polar surface area (TPSA) is 87.5 Å². The molecule has 6 nitrogen and oxygen atoms in total. The van der Waals surface area contributed by atoms with Crippen molar-refractivity contribution in [1.82, 2.24) is 10.2 Å². The first-order valence-corrected chi connectivity index (χ1v) is 8.85. The largest absolute Gasteiger partial charge is 0.351 e. The number of nitrogens with two attached hydrogens (primary N) is 1. The molecule has 1 fully saturated rings. The van der Waals surface area contributed by atoms with E-state index in [1.54, 1.807) is 24.3 Å². The van der Waals surface area contributed by atoms with E-state index >= 15 is 0 Å². The molecule has 144 valence electrons. The number of carbonyl (C=O) groups excluding carboxylic acids is 2. The predicted molar refractivity (Wildman–Crippen MR) is 109 cm³/mol. The third kappa shape index (κ3) is 4.99.